The van der Waals surface area contributed by atoms with E-state index in [9.17, 15) is 0 Å². The molecule has 0 spiro atoms. The Labute approximate surface area is 66.2 Å². The van der Waals surface area contributed by atoms with Crippen molar-refractivity contribution in [1.82, 2.24) is 9.13 Å². The Morgan fingerprint density at radius 3 is 1.80 bits per heavy atom. The summed E-state index contributed by atoms with van der Waals surface area (Å²) in [6.45, 7) is 8.47. The van der Waals surface area contributed by atoms with Gasteiger partial charge in [-0.05, 0) is 25.9 Å². The Bertz CT molecular complexity index is 81.6. The molecule has 0 aliphatic carbocycles. The van der Waals surface area contributed by atoms with Gasteiger partial charge in [-0.25, -0.2) is 0 Å². The summed E-state index contributed by atoms with van der Waals surface area (Å²) in [7, 11) is 0.0776. The van der Waals surface area contributed by atoms with Crippen molar-refractivity contribution in [2.45, 2.75) is 26.7 Å². The predicted molar refractivity (Wildman–Crippen MR) is 47.4 cm³/mol. The number of rotatable bonds is 4. The zero-order valence-electron chi connectivity index (χ0n) is 7.14. The highest BCUT2D eigenvalue weighted by Crippen LogP contribution is 2.05. The van der Waals surface area contributed by atoms with E-state index in [0.29, 0.717) is 0 Å². The quantitative estimate of drug-likeness (QED) is 0.546. The maximum absolute atomic E-state index is 2.62. The van der Waals surface area contributed by atoms with Gasteiger partial charge in [0.25, 0.3) is 0 Å². The van der Waals surface area contributed by atoms with Crippen LogP contribution in [0.4, 0.5) is 0 Å². The molecule has 1 aliphatic heterocycles. The van der Waals surface area contributed by atoms with E-state index in [-0.39, 0.29) is 9.84 Å². The Hall–Kier alpha value is 0.137. The average molecular weight is 158 g/mol. The van der Waals surface area contributed by atoms with Crippen molar-refractivity contribution >= 4 is 9.84 Å². The second kappa shape index (κ2) is 4.11. The van der Waals surface area contributed by atoms with Crippen molar-refractivity contribution in [2.24, 2.45) is 0 Å². The lowest BCUT2D eigenvalue weighted by atomic mass is 10.5. The molecule has 1 heterocycles. The topological polar surface area (TPSA) is 6.48 Å². The van der Waals surface area contributed by atoms with Gasteiger partial charge in [0.05, 0.1) is 0 Å². The van der Waals surface area contributed by atoms with Gasteiger partial charge in [0.2, 0.25) is 0 Å². The molecule has 0 unspecified atom stereocenters. The van der Waals surface area contributed by atoms with E-state index in [1.165, 1.54) is 32.6 Å². The molecule has 1 fully saturated rings. The molecular weight excluding hydrogens is 140 g/mol. The van der Waals surface area contributed by atoms with Crippen LogP contribution < -0.4 is 0 Å². The third-order valence-corrected chi connectivity index (χ3v) is 3.71. The molecular formula is C7H18N2Si. The first-order valence-electron chi connectivity index (χ1n) is 4.31. The minimum atomic E-state index is 0.0776. The zero-order valence-corrected chi connectivity index (χ0v) is 8.55. The Balaban J connectivity index is 1.95. The summed E-state index contributed by atoms with van der Waals surface area (Å²) in [6, 6.07) is 0. The molecule has 60 valence electrons. The second-order valence-electron chi connectivity index (χ2n) is 3.07. The van der Waals surface area contributed by atoms with Crippen LogP contribution in [0.3, 0.4) is 0 Å². The van der Waals surface area contributed by atoms with Crippen molar-refractivity contribution in [3.05, 3.63) is 0 Å². The number of hydrogen-bond acceptors (Lipinski definition) is 2. The highest BCUT2D eigenvalue weighted by atomic mass is 28.2. The minimum Gasteiger partial charge on any atom is -0.304 e. The first kappa shape index (κ1) is 8.24. The lowest BCUT2D eigenvalue weighted by Gasteiger charge is -2.42. The van der Waals surface area contributed by atoms with Gasteiger partial charge in [-0.15, -0.1) is 0 Å². The van der Waals surface area contributed by atoms with Crippen LogP contribution in [0.1, 0.15) is 26.7 Å². The van der Waals surface area contributed by atoms with Crippen LogP contribution in [-0.4, -0.2) is 38.7 Å². The molecule has 3 heteroatoms. The molecule has 1 aliphatic rings. The van der Waals surface area contributed by atoms with E-state index in [1.807, 2.05) is 0 Å². The molecule has 0 aromatic heterocycles. The summed E-state index contributed by atoms with van der Waals surface area (Å²) in [6.07, 6.45) is 2.65. The fourth-order valence-electron chi connectivity index (χ4n) is 1.44. The summed E-state index contributed by atoms with van der Waals surface area (Å²) in [5, 5.41) is 0. The lowest BCUT2D eigenvalue weighted by Crippen LogP contribution is -2.58. The van der Waals surface area contributed by atoms with Crippen LogP contribution >= 0.6 is 0 Å². The third kappa shape index (κ3) is 2.07. The van der Waals surface area contributed by atoms with Crippen LogP contribution in [0, 0.1) is 0 Å². The fourth-order valence-corrected chi connectivity index (χ4v) is 3.26. The molecule has 10 heavy (non-hydrogen) atoms. The molecule has 0 bridgehead atoms. The monoisotopic (exact) mass is 158 g/mol. The van der Waals surface area contributed by atoms with E-state index in [1.54, 1.807) is 0 Å². The maximum Gasteiger partial charge on any atom is 0.174 e. The van der Waals surface area contributed by atoms with Gasteiger partial charge in [0.15, 0.2) is 9.84 Å². The van der Waals surface area contributed by atoms with Crippen molar-refractivity contribution in [3.8, 4) is 0 Å². The van der Waals surface area contributed by atoms with Crippen molar-refractivity contribution in [1.29, 1.82) is 0 Å². The number of nitrogens with zero attached hydrogens (tertiary/aromatic N) is 2. The predicted octanol–water partition coefficient (Wildman–Crippen LogP) is 0.380. The third-order valence-electron chi connectivity index (χ3n) is 1.88. The summed E-state index contributed by atoms with van der Waals surface area (Å²) < 4.78 is 5.24. The fraction of sp³-hybridized carbons (Fsp3) is 1.00. The van der Waals surface area contributed by atoms with E-state index in [2.05, 4.69) is 23.0 Å². The van der Waals surface area contributed by atoms with Crippen LogP contribution in [0.15, 0.2) is 0 Å². The van der Waals surface area contributed by atoms with Crippen molar-refractivity contribution in [2.75, 3.05) is 19.8 Å². The maximum atomic E-state index is 2.62. The molecule has 1 saturated heterocycles. The van der Waals surface area contributed by atoms with Crippen LogP contribution in [-0.2, 0) is 0 Å². The van der Waals surface area contributed by atoms with Crippen LogP contribution in [0.25, 0.3) is 0 Å². The van der Waals surface area contributed by atoms with Gasteiger partial charge in [0.1, 0.15) is 0 Å². The minimum absolute atomic E-state index is 0.0776. The van der Waals surface area contributed by atoms with Gasteiger partial charge in [-0.1, -0.05) is 13.8 Å². The van der Waals surface area contributed by atoms with Gasteiger partial charge in [-0.3, -0.25) is 0 Å². The summed E-state index contributed by atoms with van der Waals surface area (Å²) >= 11 is 0. The van der Waals surface area contributed by atoms with Gasteiger partial charge in [-0.2, -0.15) is 0 Å². The summed E-state index contributed by atoms with van der Waals surface area (Å²) in [5.74, 6) is 0. The largest absolute Gasteiger partial charge is 0.304 e. The Morgan fingerprint density at radius 1 is 1.10 bits per heavy atom. The summed E-state index contributed by atoms with van der Waals surface area (Å²) in [4.78, 5) is 0. The molecule has 0 aromatic rings. The first-order chi connectivity index (χ1) is 4.86. The van der Waals surface area contributed by atoms with E-state index >= 15 is 0 Å². The highest BCUT2D eigenvalue weighted by molar-refractivity contribution is 6.31. The van der Waals surface area contributed by atoms with Gasteiger partial charge >= 0.3 is 0 Å². The molecule has 0 amide bonds. The molecule has 0 atom stereocenters. The molecule has 1 rings (SSSR count). The highest BCUT2D eigenvalue weighted by Gasteiger charge is 2.21. The summed E-state index contributed by atoms with van der Waals surface area (Å²) in [5.41, 5.74) is 0. The molecule has 2 nitrogen and oxygen atoms in total. The molecule has 0 radical (unpaired) electrons. The van der Waals surface area contributed by atoms with Crippen molar-refractivity contribution in [3.63, 3.8) is 0 Å². The Kier molecular flexibility index (Phi) is 3.38. The SMILES string of the molecule is CCCN1CN(CCC)[SiH2]1. The van der Waals surface area contributed by atoms with Gasteiger partial charge < -0.3 is 9.13 Å². The van der Waals surface area contributed by atoms with Gasteiger partial charge in [0, 0.05) is 6.67 Å². The Morgan fingerprint density at radius 2 is 1.50 bits per heavy atom. The van der Waals surface area contributed by atoms with Crippen LogP contribution in [0.5, 0.6) is 0 Å². The normalized spacial score (nSPS) is 21.0. The van der Waals surface area contributed by atoms with E-state index < -0.39 is 0 Å². The number of hydrogen-bond donors (Lipinski definition) is 0. The molecule has 0 aromatic carbocycles. The van der Waals surface area contributed by atoms with Crippen molar-refractivity contribution < 1.29 is 0 Å². The first-order valence-corrected chi connectivity index (χ1v) is 5.58. The smallest absolute Gasteiger partial charge is 0.174 e. The van der Waals surface area contributed by atoms with Crippen LogP contribution in [0.2, 0.25) is 0 Å². The lowest BCUT2D eigenvalue weighted by molar-refractivity contribution is 0.201. The molecule has 0 saturated carbocycles. The zero-order chi connectivity index (χ0) is 7.40. The standard InChI is InChI=1S/C7H18N2Si/c1-3-5-8-7-9(10-8)6-4-2/h3-7,10H2,1-2H3. The average Bonchev–Trinajstić information content (AvgIpc) is 1.84. The van der Waals surface area contributed by atoms with E-state index in [0.717, 1.165) is 0 Å². The second-order valence-corrected chi connectivity index (χ2v) is 5.14. The molecule has 0 N–H and O–H groups in total. The van der Waals surface area contributed by atoms with E-state index in [4.69, 9.17) is 0 Å².